The molecule has 0 aliphatic heterocycles. The average Bonchev–Trinajstić information content (AvgIpc) is 3.11. The van der Waals surface area contributed by atoms with Crippen molar-refractivity contribution in [2.75, 3.05) is 0 Å². The second kappa shape index (κ2) is 7.10. The molecule has 2 aromatic carbocycles. The molecular formula is C19H16FNO3. The lowest BCUT2D eigenvalue weighted by molar-refractivity contribution is 0.0924. The number of carbonyl (C=O) groups excluding carboxylic acids is 1. The summed E-state index contributed by atoms with van der Waals surface area (Å²) in [6, 6.07) is 15.6. The highest BCUT2D eigenvalue weighted by Gasteiger charge is 2.16. The molecule has 0 atom stereocenters. The third-order valence-electron chi connectivity index (χ3n) is 3.69. The molecule has 1 heterocycles. The number of halogens is 1. The lowest BCUT2D eigenvalue weighted by atomic mass is 10.1. The largest absolute Gasteiger partial charge is 0.459 e. The minimum Gasteiger partial charge on any atom is -0.459 e. The summed E-state index contributed by atoms with van der Waals surface area (Å²) < 4.78 is 18.7. The fraction of sp³-hybridized carbons (Fsp3) is 0.105. The van der Waals surface area contributed by atoms with Gasteiger partial charge in [0, 0.05) is 17.7 Å². The van der Waals surface area contributed by atoms with Crippen LogP contribution in [0, 0.1) is 5.82 Å². The number of furan rings is 1. The van der Waals surface area contributed by atoms with Gasteiger partial charge in [-0.05, 0) is 29.3 Å². The maximum atomic E-state index is 13.4. The van der Waals surface area contributed by atoms with Crippen LogP contribution >= 0.6 is 0 Å². The Morgan fingerprint density at radius 2 is 1.92 bits per heavy atom. The summed E-state index contributed by atoms with van der Waals surface area (Å²) in [5, 5.41) is 11.8. The SMILES string of the molecule is O=C(NCc1ccc(F)c(CO)c1)c1occc1-c1ccccc1. The Labute approximate surface area is 138 Å². The molecule has 122 valence electrons. The van der Waals surface area contributed by atoms with Crippen LogP contribution in [-0.4, -0.2) is 11.0 Å². The van der Waals surface area contributed by atoms with Crippen molar-refractivity contribution < 1.29 is 18.7 Å². The molecule has 3 rings (SSSR count). The zero-order valence-electron chi connectivity index (χ0n) is 12.8. The molecule has 5 heteroatoms. The first-order valence-electron chi connectivity index (χ1n) is 7.48. The van der Waals surface area contributed by atoms with E-state index in [0.717, 1.165) is 5.56 Å². The van der Waals surface area contributed by atoms with E-state index < -0.39 is 5.82 Å². The van der Waals surface area contributed by atoms with Gasteiger partial charge >= 0.3 is 0 Å². The van der Waals surface area contributed by atoms with E-state index in [1.165, 1.54) is 18.4 Å². The van der Waals surface area contributed by atoms with E-state index in [0.29, 0.717) is 11.1 Å². The molecule has 24 heavy (non-hydrogen) atoms. The number of nitrogens with one attached hydrogen (secondary N) is 1. The Morgan fingerprint density at radius 1 is 1.12 bits per heavy atom. The summed E-state index contributed by atoms with van der Waals surface area (Å²) >= 11 is 0. The van der Waals surface area contributed by atoms with Crippen LogP contribution in [-0.2, 0) is 13.2 Å². The van der Waals surface area contributed by atoms with E-state index in [-0.39, 0.29) is 30.4 Å². The van der Waals surface area contributed by atoms with Gasteiger partial charge in [-0.3, -0.25) is 4.79 Å². The highest BCUT2D eigenvalue weighted by Crippen LogP contribution is 2.24. The van der Waals surface area contributed by atoms with Crippen LogP contribution in [0.3, 0.4) is 0 Å². The fourth-order valence-electron chi connectivity index (χ4n) is 2.45. The molecule has 0 saturated heterocycles. The first-order valence-corrected chi connectivity index (χ1v) is 7.48. The predicted octanol–water partition coefficient (Wildman–Crippen LogP) is 3.51. The van der Waals surface area contributed by atoms with Crippen molar-refractivity contribution >= 4 is 5.91 Å². The van der Waals surface area contributed by atoms with Crippen molar-refractivity contribution in [3.63, 3.8) is 0 Å². The molecule has 3 aromatic rings. The van der Waals surface area contributed by atoms with E-state index in [1.807, 2.05) is 30.3 Å². The zero-order valence-corrected chi connectivity index (χ0v) is 12.8. The number of hydrogen-bond donors (Lipinski definition) is 2. The van der Waals surface area contributed by atoms with Crippen molar-refractivity contribution in [1.29, 1.82) is 0 Å². The van der Waals surface area contributed by atoms with Crippen LogP contribution in [0.2, 0.25) is 0 Å². The summed E-state index contributed by atoms with van der Waals surface area (Å²) in [6.07, 6.45) is 1.47. The summed E-state index contributed by atoms with van der Waals surface area (Å²) in [7, 11) is 0. The lowest BCUT2D eigenvalue weighted by Crippen LogP contribution is -2.23. The molecule has 0 aliphatic carbocycles. The van der Waals surface area contributed by atoms with Gasteiger partial charge in [0.25, 0.3) is 5.91 Å². The molecule has 0 aliphatic rings. The first-order chi connectivity index (χ1) is 11.7. The monoisotopic (exact) mass is 325 g/mol. The fourth-order valence-corrected chi connectivity index (χ4v) is 2.45. The van der Waals surface area contributed by atoms with Gasteiger partial charge in [0.05, 0.1) is 12.9 Å². The molecule has 0 spiro atoms. The maximum absolute atomic E-state index is 13.4. The van der Waals surface area contributed by atoms with Crippen LogP contribution in [0.1, 0.15) is 21.7 Å². The topological polar surface area (TPSA) is 62.5 Å². The quantitative estimate of drug-likeness (QED) is 0.754. The van der Waals surface area contributed by atoms with Gasteiger partial charge in [-0.25, -0.2) is 4.39 Å². The van der Waals surface area contributed by atoms with Crippen molar-refractivity contribution in [3.8, 4) is 11.1 Å². The minimum atomic E-state index is -0.468. The summed E-state index contributed by atoms with van der Waals surface area (Å²) in [5.41, 5.74) is 2.50. The lowest BCUT2D eigenvalue weighted by Gasteiger charge is -2.07. The molecule has 4 nitrogen and oxygen atoms in total. The zero-order chi connectivity index (χ0) is 16.9. The molecule has 0 fully saturated rings. The third kappa shape index (κ3) is 3.36. The van der Waals surface area contributed by atoms with Crippen molar-refractivity contribution in [3.05, 3.63) is 83.6 Å². The number of rotatable bonds is 5. The third-order valence-corrected chi connectivity index (χ3v) is 3.69. The second-order valence-corrected chi connectivity index (χ2v) is 5.30. The molecule has 0 bridgehead atoms. The van der Waals surface area contributed by atoms with Crippen LogP contribution in [0.5, 0.6) is 0 Å². The van der Waals surface area contributed by atoms with Gasteiger partial charge in [-0.1, -0.05) is 36.4 Å². The number of hydrogen-bond acceptors (Lipinski definition) is 3. The summed E-state index contributed by atoms with van der Waals surface area (Å²) in [6.45, 7) is -0.176. The summed E-state index contributed by atoms with van der Waals surface area (Å²) in [4.78, 5) is 12.4. The van der Waals surface area contributed by atoms with E-state index in [4.69, 9.17) is 9.52 Å². The molecule has 1 amide bonds. The van der Waals surface area contributed by atoms with Gasteiger partial charge in [-0.15, -0.1) is 0 Å². The van der Waals surface area contributed by atoms with E-state index in [1.54, 1.807) is 12.1 Å². The highest BCUT2D eigenvalue weighted by atomic mass is 19.1. The van der Waals surface area contributed by atoms with Crippen molar-refractivity contribution in [1.82, 2.24) is 5.32 Å². The van der Waals surface area contributed by atoms with Gasteiger partial charge in [0.2, 0.25) is 0 Å². The van der Waals surface area contributed by atoms with Gasteiger partial charge in [0.15, 0.2) is 5.76 Å². The molecular weight excluding hydrogens is 309 g/mol. The van der Waals surface area contributed by atoms with Gasteiger partial charge < -0.3 is 14.8 Å². The van der Waals surface area contributed by atoms with Crippen molar-refractivity contribution in [2.45, 2.75) is 13.2 Å². The predicted molar refractivity (Wildman–Crippen MR) is 87.6 cm³/mol. The van der Waals surface area contributed by atoms with Crippen LogP contribution in [0.25, 0.3) is 11.1 Å². The van der Waals surface area contributed by atoms with Crippen molar-refractivity contribution in [2.24, 2.45) is 0 Å². The average molecular weight is 325 g/mol. The number of benzene rings is 2. The number of amides is 1. The van der Waals surface area contributed by atoms with E-state index >= 15 is 0 Å². The Morgan fingerprint density at radius 3 is 2.67 bits per heavy atom. The Kier molecular flexibility index (Phi) is 4.72. The normalized spacial score (nSPS) is 10.6. The highest BCUT2D eigenvalue weighted by molar-refractivity contribution is 5.98. The molecule has 0 saturated carbocycles. The number of aliphatic hydroxyl groups excluding tert-OH is 1. The molecule has 2 N–H and O–H groups in total. The van der Waals surface area contributed by atoms with Crippen LogP contribution in [0.4, 0.5) is 4.39 Å². The van der Waals surface area contributed by atoms with Gasteiger partial charge in [-0.2, -0.15) is 0 Å². The Bertz CT molecular complexity index is 843. The molecule has 0 radical (unpaired) electrons. The Balaban J connectivity index is 1.74. The smallest absolute Gasteiger partial charge is 0.287 e. The van der Waals surface area contributed by atoms with E-state index in [9.17, 15) is 9.18 Å². The number of carbonyl (C=O) groups is 1. The summed E-state index contributed by atoms with van der Waals surface area (Å²) in [5.74, 6) is -0.593. The molecule has 0 unspecified atom stereocenters. The standard InChI is InChI=1S/C19H16FNO3/c20-17-7-6-13(10-15(17)12-22)11-21-19(23)18-16(8-9-24-18)14-4-2-1-3-5-14/h1-10,22H,11-12H2,(H,21,23). The van der Waals surface area contributed by atoms with Crippen LogP contribution in [0.15, 0.2) is 65.3 Å². The van der Waals surface area contributed by atoms with E-state index in [2.05, 4.69) is 5.32 Å². The maximum Gasteiger partial charge on any atom is 0.287 e. The minimum absolute atomic E-state index is 0.199. The number of aliphatic hydroxyl groups is 1. The van der Waals surface area contributed by atoms with Crippen LogP contribution < -0.4 is 5.32 Å². The van der Waals surface area contributed by atoms with Gasteiger partial charge in [0.1, 0.15) is 5.82 Å². The molecule has 1 aromatic heterocycles. The first kappa shape index (κ1) is 16.0. The Hall–Kier alpha value is -2.92. The second-order valence-electron chi connectivity index (χ2n) is 5.30.